The molecule has 1 atom stereocenters. The Morgan fingerprint density at radius 2 is 2.05 bits per heavy atom. The Hall–Kier alpha value is -0.120. The van der Waals surface area contributed by atoms with Crippen LogP contribution in [0.5, 0.6) is 0 Å². The maximum absolute atomic E-state index is 5.67. The lowest BCUT2D eigenvalue weighted by Crippen LogP contribution is -2.26. The molecule has 1 fully saturated rings. The van der Waals surface area contributed by atoms with Gasteiger partial charge in [-0.2, -0.15) is 0 Å². The van der Waals surface area contributed by atoms with Gasteiger partial charge in [-0.25, -0.2) is 0 Å². The van der Waals surface area contributed by atoms with Gasteiger partial charge in [0.2, 0.25) is 0 Å². The Labute approximate surface area is 119 Å². The average molecular weight is 270 g/mol. The quantitative estimate of drug-likeness (QED) is 0.506. The summed E-state index contributed by atoms with van der Waals surface area (Å²) in [5, 5.41) is 3.65. The molecule has 0 aromatic rings. The molecule has 0 radical (unpaired) electrons. The van der Waals surface area contributed by atoms with Gasteiger partial charge in [-0.15, -0.1) is 0 Å². The van der Waals surface area contributed by atoms with E-state index >= 15 is 0 Å². The molecule has 0 aliphatic heterocycles. The molecule has 1 unspecified atom stereocenters. The van der Waals surface area contributed by atoms with Gasteiger partial charge in [0, 0.05) is 20.3 Å². The van der Waals surface area contributed by atoms with Crippen LogP contribution in [0.2, 0.25) is 0 Å². The van der Waals surface area contributed by atoms with E-state index in [2.05, 4.69) is 12.2 Å². The normalized spacial score (nSPS) is 18.5. The third kappa shape index (κ3) is 7.28. The molecular formula is C16H34N2O. The van der Waals surface area contributed by atoms with Crippen molar-refractivity contribution in [2.75, 3.05) is 33.4 Å². The van der Waals surface area contributed by atoms with Crippen molar-refractivity contribution in [3.05, 3.63) is 0 Å². The van der Waals surface area contributed by atoms with Crippen molar-refractivity contribution >= 4 is 0 Å². The standard InChI is InChI=1S/C16H34N2O/c1-3-5-15(7-11-17)6-4-12-18-14-16(8-9-16)10-13-19-2/h15,18H,3-14,17H2,1-2H3. The first-order valence-electron chi connectivity index (χ1n) is 8.16. The van der Waals surface area contributed by atoms with E-state index in [1.165, 1.54) is 64.5 Å². The molecule has 19 heavy (non-hydrogen) atoms. The van der Waals surface area contributed by atoms with Gasteiger partial charge in [-0.1, -0.05) is 19.8 Å². The molecule has 0 bridgehead atoms. The number of hydrogen-bond acceptors (Lipinski definition) is 3. The Balaban J connectivity index is 2.00. The smallest absolute Gasteiger partial charge is 0.0468 e. The highest BCUT2D eigenvalue weighted by molar-refractivity contribution is 4.94. The fraction of sp³-hybridized carbons (Fsp3) is 1.00. The minimum absolute atomic E-state index is 0.579. The average Bonchev–Trinajstić information content (AvgIpc) is 3.17. The third-order valence-corrected chi connectivity index (χ3v) is 4.53. The first-order valence-corrected chi connectivity index (χ1v) is 8.16. The van der Waals surface area contributed by atoms with Crippen LogP contribution in [0.3, 0.4) is 0 Å². The van der Waals surface area contributed by atoms with Gasteiger partial charge in [0.1, 0.15) is 0 Å². The minimum Gasteiger partial charge on any atom is -0.385 e. The highest BCUT2D eigenvalue weighted by Crippen LogP contribution is 2.48. The number of ether oxygens (including phenoxy) is 1. The molecule has 0 amide bonds. The van der Waals surface area contributed by atoms with Crippen LogP contribution in [0, 0.1) is 11.3 Å². The van der Waals surface area contributed by atoms with Crippen molar-refractivity contribution in [2.24, 2.45) is 17.1 Å². The lowest BCUT2D eigenvalue weighted by Gasteiger charge is -2.17. The summed E-state index contributed by atoms with van der Waals surface area (Å²) < 4.78 is 5.19. The lowest BCUT2D eigenvalue weighted by atomic mass is 9.94. The zero-order valence-electron chi connectivity index (χ0n) is 13.0. The van der Waals surface area contributed by atoms with Gasteiger partial charge in [0.15, 0.2) is 0 Å². The van der Waals surface area contributed by atoms with E-state index in [-0.39, 0.29) is 0 Å². The SMILES string of the molecule is CCCC(CCN)CCCNCC1(CCOC)CC1. The zero-order chi connectivity index (χ0) is 14.0. The van der Waals surface area contributed by atoms with Crippen LogP contribution in [0.1, 0.15) is 58.3 Å². The molecule has 0 aromatic carbocycles. The van der Waals surface area contributed by atoms with Crippen molar-refractivity contribution in [1.82, 2.24) is 5.32 Å². The summed E-state index contributed by atoms with van der Waals surface area (Å²) in [6, 6.07) is 0. The molecule has 1 saturated carbocycles. The minimum atomic E-state index is 0.579. The van der Waals surface area contributed by atoms with Crippen LogP contribution >= 0.6 is 0 Å². The fourth-order valence-electron chi connectivity index (χ4n) is 2.96. The van der Waals surface area contributed by atoms with E-state index in [9.17, 15) is 0 Å². The highest BCUT2D eigenvalue weighted by atomic mass is 16.5. The summed E-state index contributed by atoms with van der Waals surface area (Å²) in [6.45, 7) is 6.38. The highest BCUT2D eigenvalue weighted by Gasteiger charge is 2.41. The molecule has 0 saturated heterocycles. The maximum atomic E-state index is 5.67. The number of nitrogens with two attached hydrogens (primary N) is 1. The Kier molecular flexibility index (Phi) is 8.67. The molecule has 3 N–H and O–H groups in total. The molecule has 3 nitrogen and oxygen atoms in total. The van der Waals surface area contributed by atoms with Crippen molar-refractivity contribution in [1.29, 1.82) is 0 Å². The summed E-state index contributed by atoms with van der Waals surface area (Å²) in [4.78, 5) is 0. The maximum Gasteiger partial charge on any atom is 0.0468 e. The summed E-state index contributed by atoms with van der Waals surface area (Å²) >= 11 is 0. The third-order valence-electron chi connectivity index (χ3n) is 4.53. The Morgan fingerprint density at radius 3 is 2.63 bits per heavy atom. The van der Waals surface area contributed by atoms with Gasteiger partial charge < -0.3 is 15.8 Å². The second-order valence-electron chi connectivity index (χ2n) is 6.29. The van der Waals surface area contributed by atoms with Gasteiger partial charge in [0.25, 0.3) is 0 Å². The van der Waals surface area contributed by atoms with E-state index in [0.717, 1.165) is 19.1 Å². The summed E-state index contributed by atoms with van der Waals surface area (Å²) in [6.07, 6.45) is 10.5. The summed E-state index contributed by atoms with van der Waals surface area (Å²) in [5.41, 5.74) is 6.25. The van der Waals surface area contributed by atoms with Crippen LogP contribution in [0.15, 0.2) is 0 Å². The number of nitrogens with one attached hydrogen (secondary N) is 1. The van der Waals surface area contributed by atoms with E-state index in [0.29, 0.717) is 5.41 Å². The number of rotatable bonds is 13. The molecule has 0 heterocycles. The van der Waals surface area contributed by atoms with Crippen molar-refractivity contribution < 1.29 is 4.74 Å². The monoisotopic (exact) mass is 270 g/mol. The zero-order valence-corrected chi connectivity index (χ0v) is 13.0. The van der Waals surface area contributed by atoms with E-state index in [1.54, 1.807) is 7.11 Å². The van der Waals surface area contributed by atoms with Crippen molar-refractivity contribution in [3.8, 4) is 0 Å². The van der Waals surface area contributed by atoms with Gasteiger partial charge >= 0.3 is 0 Å². The summed E-state index contributed by atoms with van der Waals surface area (Å²) in [5.74, 6) is 0.847. The predicted octanol–water partition coefficient (Wildman–Crippen LogP) is 2.94. The van der Waals surface area contributed by atoms with Crippen LogP contribution in [0.25, 0.3) is 0 Å². The fourth-order valence-corrected chi connectivity index (χ4v) is 2.96. The molecular weight excluding hydrogens is 236 g/mol. The molecule has 1 aliphatic rings. The second-order valence-corrected chi connectivity index (χ2v) is 6.29. The number of methoxy groups -OCH3 is 1. The van der Waals surface area contributed by atoms with E-state index in [1.807, 2.05) is 0 Å². The van der Waals surface area contributed by atoms with E-state index < -0.39 is 0 Å². The van der Waals surface area contributed by atoms with Crippen LogP contribution in [-0.2, 0) is 4.74 Å². The number of hydrogen-bond donors (Lipinski definition) is 2. The van der Waals surface area contributed by atoms with Crippen LogP contribution < -0.4 is 11.1 Å². The van der Waals surface area contributed by atoms with Crippen LogP contribution in [0.4, 0.5) is 0 Å². The molecule has 114 valence electrons. The van der Waals surface area contributed by atoms with Crippen LogP contribution in [-0.4, -0.2) is 33.4 Å². The van der Waals surface area contributed by atoms with Gasteiger partial charge in [-0.05, 0) is 62.9 Å². The lowest BCUT2D eigenvalue weighted by molar-refractivity contribution is 0.171. The molecule has 1 rings (SSSR count). The van der Waals surface area contributed by atoms with Gasteiger partial charge in [0.05, 0.1) is 0 Å². The molecule has 0 aromatic heterocycles. The largest absolute Gasteiger partial charge is 0.385 e. The van der Waals surface area contributed by atoms with E-state index in [4.69, 9.17) is 10.5 Å². The summed E-state index contributed by atoms with van der Waals surface area (Å²) in [7, 11) is 1.80. The second kappa shape index (κ2) is 9.73. The molecule has 3 heteroatoms. The first-order chi connectivity index (χ1) is 9.26. The Bertz CT molecular complexity index is 211. The van der Waals surface area contributed by atoms with Crippen molar-refractivity contribution in [3.63, 3.8) is 0 Å². The van der Waals surface area contributed by atoms with Crippen molar-refractivity contribution in [2.45, 2.75) is 58.3 Å². The predicted molar refractivity (Wildman–Crippen MR) is 82.3 cm³/mol. The first kappa shape index (κ1) is 16.9. The van der Waals surface area contributed by atoms with Gasteiger partial charge in [-0.3, -0.25) is 0 Å². The topological polar surface area (TPSA) is 47.3 Å². The molecule has 0 spiro atoms. The molecule has 1 aliphatic carbocycles. The Morgan fingerprint density at radius 1 is 1.26 bits per heavy atom.